The Morgan fingerprint density at radius 1 is 1.20 bits per heavy atom. The Hall–Kier alpha value is -2.62. The fourth-order valence-electron chi connectivity index (χ4n) is 2.20. The van der Waals surface area contributed by atoms with Crippen molar-refractivity contribution in [2.45, 2.75) is 13.8 Å². The molecule has 3 aromatic rings. The highest BCUT2D eigenvalue weighted by molar-refractivity contribution is 5.89. The Kier molecular flexibility index (Phi) is 2.99. The first-order valence-electron chi connectivity index (χ1n) is 6.45. The number of carbonyl (C=O) groups is 1. The van der Waals surface area contributed by atoms with Crippen molar-refractivity contribution >= 4 is 17.2 Å². The summed E-state index contributed by atoms with van der Waals surface area (Å²) in [6.45, 7) is 3.55. The van der Waals surface area contributed by atoms with Gasteiger partial charge in [-0.1, -0.05) is 18.2 Å². The summed E-state index contributed by atoms with van der Waals surface area (Å²) in [7, 11) is 0. The third-order valence-corrected chi connectivity index (χ3v) is 3.08. The van der Waals surface area contributed by atoms with Crippen LogP contribution in [0.25, 0.3) is 16.9 Å². The summed E-state index contributed by atoms with van der Waals surface area (Å²) in [6, 6.07) is 11.7. The molecular formula is C16H15N3O. The fourth-order valence-corrected chi connectivity index (χ4v) is 2.20. The van der Waals surface area contributed by atoms with Crippen LogP contribution in [0, 0.1) is 6.92 Å². The molecule has 0 saturated heterocycles. The van der Waals surface area contributed by atoms with Gasteiger partial charge in [-0.2, -0.15) is 0 Å². The first-order chi connectivity index (χ1) is 9.61. The summed E-state index contributed by atoms with van der Waals surface area (Å²) in [5, 5.41) is 2.78. The van der Waals surface area contributed by atoms with E-state index in [1.54, 1.807) is 0 Å². The molecule has 0 aliphatic carbocycles. The highest BCUT2D eigenvalue weighted by atomic mass is 16.1. The number of anilines is 1. The number of fused-ring (bicyclic) bond motifs is 1. The van der Waals surface area contributed by atoms with Crippen molar-refractivity contribution in [1.29, 1.82) is 0 Å². The maximum absolute atomic E-state index is 11.1. The van der Waals surface area contributed by atoms with Gasteiger partial charge in [-0.05, 0) is 30.7 Å². The first kappa shape index (κ1) is 12.4. The first-order valence-corrected chi connectivity index (χ1v) is 6.45. The molecular weight excluding hydrogens is 250 g/mol. The second kappa shape index (κ2) is 4.81. The second-order valence-corrected chi connectivity index (χ2v) is 4.86. The number of imidazole rings is 1. The van der Waals surface area contributed by atoms with Crippen molar-refractivity contribution in [3.05, 3.63) is 54.4 Å². The average Bonchev–Trinajstić information content (AvgIpc) is 2.81. The monoisotopic (exact) mass is 265 g/mol. The van der Waals surface area contributed by atoms with Crippen LogP contribution < -0.4 is 5.32 Å². The third-order valence-electron chi connectivity index (χ3n) is 3.08. The molecule has 0 bridgehead atoms. The molecule has 0 aliphatic rings. The van der Waals surface area contributed by atoms with Gasteiger partial charge in [-0.3, -0.25) is 4.79 Å². The number of hydrogen-bond acceptors (Lipinski definition) is 2. The number of hydrogen-bond donors (Lipinski definition) is 1. The van der Waals surface area contributed by atoms with Gasteiger partial charge in [0.2, 0.25) is 5.91 Å². The van der Waals surface area contributed by atoms with E-state index in [0.717, 1.165) is 22.6 Å². The number of nitrogens with zero attached hydrogens (tertiary/aromatic N) is 2. The lowest BCUT2D eigenvalue weighted by atomic mass is 10.1. The van der Waals surface area contributed by atoms with Crippen LogP contribution in [0.4, 0.5) is 5.69 Å². The molecule has 4 nitrogen and oxygen atoms in total. The van der Waals surface area contributed by atoms with E-state index in [1.807, 2.05) is 53.2 Å². The molecule has 1 aromatic carbocycles. The lowest BCUT2D eigenvalue weighted by Crippen LogP contribution is -2.05. The number of benzene rings is 1. The van der Waals surface area contributed by atoms with Crippen LogP contribution in [-0.4, -0.2) is 15.3 Å². The molecule has 4 heteroatoms. The minimum absolute atomic E-state index is 0.0761. The largest absolute Gasteiger partial charge is 0.326 e. The Morgan fingerprint density at radius 3 is 2.85 bits per heavy atom. The van der Waals surface area contributed by atoms with Gasteiger partial charge >= 0.3 is 0 Å². The molecule has 0 aliphatic heterocycles. The van der Waals surface area contributed by atoms with Gasteiger partial charge in [0.1, 0.15) is 5.65 Å². The average molecular weight is 265 g/mol. The van der Waals surface area contributed by atoms with E-state index in [9.17, 15) is 4.79 Å². The van der Waals surface area contributed by atoms with Crippen LogP contribution in [0.1, 0.15) is 12.5 Å². The van der Waals surface area contributed by atoms with Crippen LogP contribution in [0.2, 0.25) is 0 Å². The van der Waals surface area contributed by atoms with Gasteiger partial charge in [0, 0.05) is 30.6 Å². The van der Waals surface area contributed by atoms with Crippen molar-refractivity contribution in [1.82, 2.24) is 9.38 Å². The lowest BCUT2D eigenvalue weighted by Gasteiger charge is -2.03. The number of aromatic nitrogens is 2. The zero-order valence-electron chi connectivity index (χ0n) is 11.4. The van der Waals surface area contributed by atoms with E-state index in [4.69, 9.17) is 0 Å². The van der Waals surface area contributed by atoms with Crippen molar-refractivity contribution in [2.24, 2.45) is 0 Å². The Balaban J connectivity index is 2.03. The van der Waals surface area contributed by atoms with E-state index in [2.05, 4.69) is 17.2 Å². The van der Waals surface area contributed by atoms with Gasteiger partial charge in [0.25, 0.3) is 0 Å². The number of aryl methyl sites for hydroxylation is 1. The van der Waals surface area contributed by atoms with E-state index in [0.29, 0.717) is 0 Å². The molecule has 0 atom stereocenters. The number of pyridine rings is 1. The molecule has 3 rings (SSSR count). The van der Waals surface area contributed by atoms with E-state index < -0.39 is 0 Å². The van der Waals surface area contributed by atoms with Crippen LogP contribution in [0.5, 0.6) is 0 Å². The molecule has 2 aromatic heterocycles. The molecule has 0 unspecified atom stereocenters. The Bertz CT molecular complexity index is 789. The lowest BCUT2D eigenvalue weighted by molar-refractivity contribution is -0.114. The Labute approximate surface area is 117 Å². The third kappa shape index (κ3) is 2.40. The quantitative estimate of drug-likeness (QED) is 0.773. The van der Waals surface area contributed by atoms with E-state index >= 15 is 0 Å². The zero-order valence-corrected chi connectivity index (χ0v) is 11.4. The highest BCUT2D eigenvalue weighted by Crippen LogP contribution is 2.22. The summed E-state index contributed by atoms with van der Waals surface area (Å²) < 4.78 is 2.01. The summed E-state index contributed by atoms with van der Waals surface area (Å²) in [5.41, 5.74) is 4.76. The van der Waals surface area contributed by atoms with E-state index in [-0.39, 0.29) is 5.91 Å². The van der Waals surface area contributed by atoms with Crippen LogP contribution in [0.3, 0.4) is 0 Å². The maximum Gasteiger partial charge on any atom is 0.221 e. The van der Waals surface area contributed by atoms with Crippen molar-refractivity contribution in [3.8, 4) is 11.3 Å². The minimum atomic E-state index is -0.0761. The molecule has 100 valence electrons. The van der Waals surface area contributed by atoms with Gasteiger partial charge < -0.3 is 9.72 Å². The van der Waals surface area contributed by atoms with E-state index in [1.165, 1.54) is 12.5 Å². The smallest absolute Gasteiger partial charge is 0.221 e. The molecule has 0 radical (unpaired) electrons. The predicted octanol–water partition coefficient (Wildman–Crippen LogP) is 3.27. The Morgan fingerprint density at radius 2 is 2.05 bits per heavy atom. The summed E-state index contributed by atoms with van der Waals surface area (Å²) in [4.78, 5) is 15.7. The second-order valence-electron chi connectivity index (χ2n) is 4.86. The number of rotatable bonds is 2. The molecule has 1 N–H and O–H groups in total. The zero-order chi connectivity index (χ0) is 14.1. The maximum atomic E-state index is 11.1. The van der Waals surface area contributed by atoms with Crippen molar-refractivity contribution < 1.29 is 4.79 Å². The standard InChI is InChI=1S/C16H15N3O/c1-11-6-7-16-18-15(10-19(16)9-11)13-4-3-5-14(8-13)17-12(2)20/h3-10H,1-2H3,(H,17,20). The molecule has 2 heterocycles. The summed E-state index contributed by atoms with van der Waals surface area (Å²) in [6.07, 6.45) is 4.04. The van der Waals surface area contributed by atoms with Gasteiger partial charge in [-0.15, -0.1) is 0 Å². The normalized spacial score (nSPS) is 10.7. The number of nitrogens with one attached hydrogen (secondary N) is 1. The molecule has 0 spiro atoms. The SMILES string of the molecule is CC(=O)Nc1cccc(-c2cn3cc(C)ccc3n2)c1. The number of carbonyl (C=O) groups excluding carboxylic acids is 1. The van der Waals surface area contributed by atoms with Crippen molar-refractivity contribution in [2.75, 3.05) is 5.32 Å². The summed E-state index contributed by atoms with van der Waals surface area (Å²) in [5.74, 6) is -0.0761. The fraction of sp³-hybridized carbons (Fsp3) is 0.125. The summed E-state index contributed by atoms with van der Waals surface area (Å²) >= 11 is 0. The molecule has 0 saturated carbocycles. The molecule has 1 amide bonds. The molecule has 20 heavy (non-hydrogen) atoms. The highest BCUT2D eigenvalue weighted by Gasteiger charge is 2.05. The van der Waals surface area contributed by atoms with Crippen molar-refractivity contribution in [3.63, 3.8) is 0 Å². The molecule has 0 fully saturated rings. The number of amides is 1. The van der Waals surface area contributed by atoms with Gasteiger partial charge in [-0.25, -0.2) is 4.98 Å². The van der Waals surface area contributed by atoms with Crippen LogP contribution in [0.15, 0.2) is 48.8 Å². The van der Waals surface area contributed by atoms with Crippen LogP contribution >= 0.6 is 0 Å². The predicted molar refractivity (Wildman–Crippen MR) is 79.7 cm³/mol. The van der Waals surface area contributed by atoms with Gasteiger partial charge in [0.05, 0.1) is 5.69 Å². The topological polar surface area (TPSA) is 46.4 Å². The van der Waals surface area contributed by atoms with Gasteiger partial charge in [0.15, 0.2) is 0 Å². The minimum Gasteiger partial charge on any atom is -0.326 e. The van der Waals surface area contributed by atoms with Crippen LogP contribution in [-0.2, 0) is 4.79 Å².